The van der Waals surface area contributed by atoms with Crippen molar-refractivity contribution in [3.05, 3.63) is 23.8 Å². The maximum absolute atomic E-state index is 12.3. The summed E-state index contributed by atoms with van der Waals surface area (Å²) >= 11 is 0. The fourth-order valence-corrected chi connectivity index (χ4v) is 2.53. The maximum Gasteiger partial charge on any atom is 0.338 e. The van der Waals surface area contributed by atoms with Crippen molar-refractivity contribution >= 4 is 40.2 Å². The molecule has 1 aromatic carbocycles. The lowest BCUT2D eigenvalue weighted by atomic mass is 9.98. The normalized spacial score (nSPS) is 11.3. The van der Waals surface area contributed by atoms with Gasteiger partial charge >= 0.3 is 11.9 Å². The molecular weight excluding hydrogens is 380 g/mol. The van der Waals surface area contributed by atoms with E-state index in [9.17, 15) is 24.3 Å². The highest BCUT2D eigenvalue weighted by Gasteiger charge is 2.29. The molecule has 2 aromatic rings. The van der Waals surface area contributed by atoms with Gasteiger partial charge in [-0.05, 0) is 39.0 Å². The van der Waals surface area contributed by atoms with Gasteiger partial charge in [-0.2, -0.15) is 0 Å². The zero-order chi connectivity index (χ0) is 21.9. The van der Waals surface area contributed by atoms with Gasteiger partial charge in [0.05, 0.1) is 22.9 Å². The van der Waals surface area contributed by atoms with Crippen LogP contribution >= 0.6 is 0 Å². The number of ketones is 1. The molecule has 0 spiro atoms. The lowest BCUT2D eigenvalue weighted by Gasteiger charge is -2.17. The van der Waals surface area contributed by atoms with Crippen molar-refractivity contribution in [2.75, 3.05) is 5.32 Å². The van der Waals surface area contributed by atoms with Crippen LogP contribution in [0.3, 0.4) is 0 Å². The second-order valence-corrected chi connectivity index (χ2v) is 7.57. The molecule has 156 valence electrons. The predicted octanol–water partition coefficient (Wildman–Crippen LogP) is 2.74. The molecule has 9 nitrogen and oxygen atoms in total. The van der Waals surface area contributed by atoms with Crippen LogP contribution in [0.1, 0.15) is 57.3 Å². The van der Waals surface area contributed by atoms with Crippen molar-refractivity contribution < 1.29 is 34.2 Å². The summed E-state index contributed by atoms with van der Waals surface area (Å²) in [6.45, 7) is 6.57. The first-order chi connectivity index (χ1) is 13.5. The Bertz CT molecular complexity index is 983. The smallest absolute Gasteiger partial charge is 0.338 e. The molecule has 2 rings (SSSR count). The number of aromatic nitrogens is 1. The van der Waals surface area contributed by atoms with Gasteiger partial charge in [-0.25, -0.2) is 4.79 Å². The molecule has 9 heteroatoms. The van der Waals surface area contributed by atoms with Crippen molar-refractivity contribution in [2.45, 2.75) is 47.0 Å². The van der Waals surface area contributed by atoms with E-state index in [1.54, 1.807) is 27.7 Å². The zero-order valence-corrected chi connectivity index (χ0v) is 16.7. The van der Waals surface area contributed by atoms with Crippen LogP contribution in [0.15, 0.2) is 18.2 Å². The number of hydrogen-bond acceptors (Lipinski definition) is 6. The van der Waals surface area contributed by atoms with Gasteiger partial charge < -0.3 is 20.4 Å². The number of aliphatic carboxylic acids is 1. The van der Waals surface area contributed by atoms with E-state index >= 15 is 0 Å². The molecule has 0 fully saturated rings. The number of carboxylic acid groups (broad SMARTS) is 1. The van der Waals surface area contributed by atoms with Crippen LogP contribution < -0.4 is 10.2 Å². The summed E-state index contributed by atoms with van der Waals surface area (Å²) in [4.78, 5) is 52.5. The van der Waals surface area contributed by atoms with E-state index in [0.29, 0.717) is 11.1 Å². The van der Waals surface area contributed by atoms with Crippen LogP contribution in [0.2, 0.25) is 0 Å². The summed E-state index contributed by atoms with van der Waals surface area (Å²) in [6, 6.07) is 4.48. The standard InChI is InChI=1S/C20H24N2O7/c1-5-14(23)17-12-7-6-11(21-15(24)8-9-16(25)26)10-13(12)22(18(17)27)29-19(28)20(2,3)4/h6-7,10,27H,5,8-9H2,1-4H3,(H,21,24)(H,25,26). The molecule has 0 radical (unpaired) electrons. The van der Waals surface area contributed by atoms with E-state index in [4.69, 9.17) is 9.94 Å². The van der Waals surface area contributed by atoms with Crippen molar-refractivity contribution in [3.63, 3.8) is 0 Å². The molecular formula is C20H24N2O7. The highest BCUT2D eigenvalue weighted by molar-refractivity contribution is 6.11. The number of anilines is 1. The third-order valence-corrected chi connectivity index (χ3v) is 4.14. The average molecular weight is 404 g/mol. The Morgan fingerprint density at radius 2 is 1.79 bits per heavy atom. The molecule has 3 N–H and O–H groups in total. The number of rotatable bonds is 7. The molecule has 1 amide bonds. The summed E-state index contributed by atoms with van der Waals surface area (Å²) in [5.74, 6) is -3.07. The number of carboxylic acids is 1. The molecule has 1 aromatic heterocycles. The van der Waals surface area contributed by atoms with E-state index < -0.39 is 29.1 Å². The van der Waals surface area contributed by atoms with Gasteiger partial charge in [0.1, 0.15) is 0 Å². The molecule has 0 unspecified atom stereocenters. The van der Waals surface area contributed by atoms with Crippen LogP contribution in [0, 0.1) is 5.41 Å². The van der Waals surface area contributed by atoms with Gasteiger partial charge in [-0.15, -0.1) is 4.73 Å². The summed E-state index contributed by atoms with van der Waals surface area (Å²) in [5.41, 5.74) is -0.324. The van der Waals surface area contributed by atoms with Crippen LogP contribution in [0.5, 0.6) is 5.88 Å². The Kier molecular flexibility index (Phi) is 6.31. The van der Waals surface area contributed by atoms with Crippen LogP contribution in [-0.4, -0.2) is 38.6 Å². The molecule has 0 saturated carbocycles. The number of hydrogen-bond donors (Lipinski definition) is 3. The summed E-state index contributed by atoms with van der Waals surface area (Å²) in [5, 5.41) is 22.1. The Morgan fingerprint density at radius 3 is 2.34 bits per heavy atom. The Morgan fingerprint density at radius 1 is 1.14 bits per heavy atom. The van der Waals surface area contributed by atoms with E-state index in [1.807, 2.05) is 0 Å². The monoisotopic (exact) mass is 404 g/mol. The number of Topliss-reactive ketones (excluding diaryl/α,β-unsaturated/α-hetero) is 1. The first-order valence-electron chi connectivity index (χ1n) is 9.10. The van der Waals surface area contributed by atoms with Crippen molar-refractivity contribution in [3.8, 4) is 5.88 Å². The molecule has 0 aliphatic heterocycles. The Balaban J connectivity index is 2.50. The van der Waals surface area contributed by atoms with Gasteiger partial charge in [0.2, 0.25) is 11.8 Å². The minimum absolute atomic E-state index is 0.0213. The van der Waals surface area contributed by atoms with E-state index in [2.05, 4.69) is 5.32 Å². The fraction of sp³-hybridized carbons (Fsp3) is 0.400. The fourth-order valence-electron chi connectivity index (χ4n) is 2.53. The van der Waals surface area contributed by atoms with E-state index in [0.717, 1.165) is 4.73 Å². The van der Waals surface area contributed by atoms with Gasteiger partial charge in [0.15, 0.2) is 5.78 Å². The topological polar surface area (TPSA) is 135 Å². The minimum atomic E-state index is -1.09. The molecule has 0 atom stereocenters. The molecule has 0 bridgehead atoms. The SMILES string of the molecule is CCC(=O)c1c(O)n(OC(=O)C(C)(C)C)c2cc(NC(=O)CCC(=O)O)ccc12. The molecule has 0 saturated heterocycles. The van der Waals surface area contributed by atoms with Crippen LogP contribution in [0.25, 0.3) is 10.9 Å². The summed E-state index contributed by atoms with van der Waals surface area (Å²) < 4.78 is 0.874. The number of aromatic hydroxyl groups is 1. The Hall–Kier alpha value is -3.36. The summed E-state index contributed by atoms with van der Waals surface area (Å²) in [6.07, 6.45) is -0.393. The number of amides is 1. The predicted molar refractivity (Wildman–Crippen MR) is 105 cm³/mol. The number of benzene rings is 1. The second-order valence-electron chi connectivity index (χ2n) is 7.57. The van der Waals surface area contributed by atoms with Gasteiger partial charge in [0.25, 0.3) is 0 Å². The largest absolute Gasteiger partial charge is 0.492 e. The first-order valence-corrected chi connectivity index (χ1v) is 9.10. The number of fused-ring (bicyclic) bond motifs is 1. The lowest BCUT2D eigenvalue weighted by Crippen LogP contribution is -2.31. The minimum Gasteiger partial charge on any atom is -0.492 e. The average Bonchev–Trinajstić information content (AvgIpc) is 2.90. The van der Waals surface area contributed by atoms with Gasteiger partial charge in [-0.3, -0.25) is 14.4 Å². The van der Waals surface area contributed by atoms with Crippen molar-refractivity contribution in [1.29, 1.82) is 0 Å². The molecule has 29 heavy (non-hydrogen) atoms. The highest BCUT2D eigenvalue weighted by Crippen LogP contribution is 2.34. The number of carbonyl (C=O) groups is 4. The Labute approximate surface area is 167 Å². The highest BCUT2D eigenvalue weighted by atomic mass is 16.7. The molecule has 0 aliphatic rings. The summed E-state index contributed by atoms with van der Waals surface area (Å²) in [7, 11) is 0. The number of nitrogens with one attached hydrogen (secondary N) is 1. The van der Waals surface area contributed by atoms with E-state index in [-0.39, 0.29) is 36.1 Å². The lowest BCUT2D eigenvalue weighted by molar-refractivity contribution is -0.153. The van der Waals surface area contributed by atoms with Crippen LogP contribution in [-0.2, 0) is 14.4 Å². The number of carbonyl (C=O) groups excluding carboxylic acids is 3. The quantitative estimate of drug-likeness (QED) is 0.604. The maximum atomic E-state index is 12.3. The third-order valence-electron chi connectivity index (χ3n) is 4.14. The number of nitrogens with zero attached hydrogens (tertiary/aromatic N) is 1. The second kappa shape index (κ2) is 8.34. The third kappa shape index (κ3) is 4.92. The van der Waals surface area contributed by atoms with Gasteiger partial charge in [-0.1, -0.05) is 6.92 Å². The van der Waals surface area contributed by atoms with E-state index in [1.165, 1.54) is 18.2 Å². The zero-order valence-electron chi connectivity index (χ0n) is 16.7. The van der Waals surface area contributed by atoms with Gasteiger partial charge in [0, 0.05) is 23.9 Å². The first kappa shape index (κ1) is 21.9. The van der Waals surface area contributed by atoms with Crippen molar-refractivity contribution in [2.24, 2.45) is 5.41 Å². The molecule has 0 aliphatic carbocycles. The van der Waals surface area contributed by atoms with Crippen molar-refractivity contribution in [1.82, 2.24) is 4.73 Å². The van der Waals surface area contributed by atoms with Crippen LogP contribution in [0.4, 0.5) is 5.69 Å². The molecule has 1 heterocycles.